The summed E-state index contributed by atoms with van der Waals surface area (Å²) in [6, 6.07) is 7.10. The normalized spacial score (nSPS) is 15.3. The van der Waals surface area contributed by atoms with Gasteiger partial charge in [0.15, 0.2) is 5.52 Å². The lowest BCUT2D eigenvalue weighted by Gasteiger charge is -2.31. The van der Waals surface area contributed by atoms with Crippen molar-refractivity contribution in [1.29, 1.82) is 0 Å². The maximum Gasteiger partial charge on any atom is 0.279 e. The standard InChI is InChI=1S/C26H32N8O4S/c1-5-21-22-23(31-34(21)16-18-8-6-7-9-27-18)25(35)30-24(29-22)20-14-19(15-28-26(20)38-17(2)3)39(36,37)33-12-10-32(4)11-13-33/h6-9,14-15,17H,5,10-13,16H2,1-4H3,(H,29,30,35). The molecule has 1 aliphatic heterocycles. The van der Waals surface area contributed by atoms with Crippen molar-refractivity contribution in [2.75, 3.05) is 33.2 Å². The number of hydrogen-bond donors (Lipinski definition) is 1. The number of nitrogens with zero attached hydrogens (tertiary/aromatic N) is 7. The molecule has 0 bridgehead atoms. The first kappa shape index (κ1) is 26.9. The van der Waals surface area contributed by atoms with E-state index in [0.29, 0.717) is 44.7 Å². The zero-order valence-electron chi connectivity index (χ0n) is 22.5. The lowest BCUT2D eigenvalue weighted by Crippen LogP contribution is -2.47. The zero-order valence-corrected chi connectivity index (χ0v) is 23.3. The second-order valence-electron chi connectivity index (χ2n) is 9.79. The number of aromatic nitrogens is 6. The molecule has 0 spiro atoms. The molecule has 0 radical (unpaired) electrons. The first-order valence-corrected chi connectivity index (χ1v) is 14.4. The van der Waals surface area contributed by atoms with Gasteiger partial charge < -0.3 is 14.6 Å². The van der Waals surface area contributed by atoms with E-state index in [2.05, 4.69) is 25.0 Å². The molecule has 0 atom stereocenters. The third-order valence-electron chi connectivity index (χ3n) is 6.60. The lowest BCUT2D eigenvalue weighted by molar-refractivity contribution is 0.222. The van der Waals surface area contributed by atoms with Gasteiger partial charge in [-0.2, -0.15) is 9.40 Å². The monoisotopic (exact) mass is 552 g/mol. The molecule has 1 fully saturated rings. The zero-order chi connectivity index (χ0) is 27.7. The van der Waals surface area contributed by atoms with E-state index >= 15 is 0 Å². The average Bonchev–Trinajstić information content (AvgIpc) is 3.26. The molecule has 1 saturated heterocycles. The second kappa shape index (κ2) is 10.8. The summed E-state index contributed by atoms with van der Waals surface area (Å²) >= 11 is 0. The van der Waals surface area contributed by atoms with E-state index in [1.165, 1.54) is 16.6 Å². The maximum atomic E-state index is 13.5. The minimum absolute atomic E-state index is 0.0162. The molecule has 4 aromatic rings. The Morgan fingerprint density at radius 1 is 1.10 bits per heavy atom. The van der Waals surface area contributed by atoms with Crippen LogP contribution < -0.4 is 10.3 Å². The molecule has 13 heteroatoms. The van der Waals surface area contributed by atoms with E-state index in [1.54, 1.807) is 10.9 Å². The van der Waals surface area contributed by atoms with Gasteiger partial charge in [0.05, 0.1) is 35.8 Å². The molecule has 0 amide bonds. The van der Waals surface area contributed by atoms with Crippen LogP contribution in [0.15, 0.2) is 46.3 Å². The number of likely N-dealkylation sites (N-methyl/N-ethyl adjacent to an activating group) is 1. The predicted molar refractivity (Wildman–Crippen MR) is 146 cm³/mol. The van der Waals surface area contributed by atoms with Crippen molar-refractivity contribution in [3.8, 4) is 17.3 Å². The SMILES string of the molecule is CCc1c2nc(-c3cc(S(=O)(=O)N4CCN(C)CC4)cnc3OC(C)C)[nH]c(=O)c2nn1Cc1ccccn1. The van der Waals surface area contributed by atoms with E-state index in [4.69, 9.17) is 9.72 Å². The van der Waals surface area contributed by atoms with E-state index in [1.807, 2.05) is 46.0 Å². The number of ether oxygens (including phenoxy) is 1. The number of piperazine rings is 1. The van der Waals surface area contributed by atoms with Gasteiger partial charge in [0.25, 0.3) is 5.56 Å². The van der Waals surface area contributed by atoms with Crippen LogP contribution in [0, 0.1) is 0 Å². The Hall–Kier alpha value is -3.68. The highest BCUT2D eigenvalue weighted by Gasteiger charge is 2.29. The molecule has 0 aromatic carbocycles. The van der Waals surface area contributed by atoms with Crippen molar-refractivity contribution >= 4 is 21.1 Å². The highest BCUT2D eigenvalue weighted by Crippen LogP contribution is 2.31. The van der Waals surface area contributed by atoms with Crippen LogP contribution >= 0.6 is 0 Å². The smallest absolute Gasteiger partial charge is 0.279 e. The van der Waals surface area contributed by atoms with Gasteiger partial charge in [-0.25, -0.2) is 18.4 Å². The fourth-order valence-corrected chi connectivity index (χ4v) is 5.95. The Bertz CT molecular complexity index is 1640. The molecule has 0 saturated carbocycles. The first-order valence-electron chi connectivity index (χ1n) is 12.9. The van der Waals surface area contributed by atoms with Crippen LogP contribution in [0.3, 0.4) is 0 Å². The van der Waals surface area contributed by atoms with Crippen molar-refractivity contribution in [3.63, 3.8) is 0 Å². The van der Waals surface area contributed by atoms with Crippen molar-refractivity contribution in [2.24, 2.45) is 0 Å². The number of hydrogen-bond acceptors (Lipinski definition) is 9. The van der Waals surface area contributed by atoms with Crippen LogP contribution in [0.25, 0.3) is 22.4 Å². The molecule has 5 heterocycles. The summed E-state index contributed by atoms with van der Waals surface area (Å²) in [6.45, 7) is 8.09. The highest BCUT2D eigenvalue weighted by molar-refractivity contribution is 7.89. The Morgan fingerprint density at radius 2 is 1.87 bits per heavy atom. The molecular formula is C26H32N8O4S. The van der Waals surface area contributed by atoms with Gasteiger partial charge in [-0.15, -0.1) is 0 Å². The van der Waals surface area contributed by atoms with E-state index < -0.39 is 15.6 Å². The molecule has 39 heavy (non-hydrogen) atoms. The Labute approximate surface area is 226 Å². The highest BCUT2D eigenvalue weighted by atomic mass is 32.2. The second-order valence-corrected chi connectivity index (χ2v) is 11.7. The van der Waals surface area contributed by atoms with Gasteiger partial charge in [0, 0.05) is 32.4 Å². The molecule has 206 valence electrons. The van der Waals surface area contributed by atoms with Gasteiger partial charge in [0.1, 0.15) is 16.2 Å². The summed E-state index contributed by atoms with van der Waals surface area (Å²) in [5.74, 6) is 0.349. The first-order chi connectivity index (χ1) is 18.7. The fraction of sp³-hybridized carbons (Fsp3) is 0.423. The van der Waals surface area contributed by atoms with Crippen molar-refractivity contribution < 1.29 is 13.2 Å². The number of H-pyrrole nitrogens is 1. The molecule has 1 N–H and O–H groups in total. The number of fused-ring (bicyclic) bond motifs is 1. The number of aryl methyl sites for hydroxylation is 1. The molecule has 1 aliphatic rings. The molecular weight excluding hydrogens is 520 g/mol. The van der Waals surface area contributed by atoms with E-state index in [0.717, 1.165) is 11.4 Å². The minimum Gasteiger partial charge on any atom is -0.474 e. The molecule has 5 rings (SSSR count). The van der Waals surface area contributed by atoms with Gasteiger partial charge >= 0.3 is 0 Å². The summed E-state index contributed by atoms with van der Waals surface area (Å²) in [6.07, 6.45) is 3.34. The average molecular weight is 553 g/mol. The maximum absolute atomic E-state index is 13.5. The fourth-order valence-electron chi connectivity index (χ4n) is 4.56. The van der Waals surface area contributed by atoms with Gasteiger partial charge in [0.2, 0.25) is 15.9 Å². The van der Waals surface area contributed by atoms with Gasteiger partial charge in [-0.1, -0.05) is 13.0 Å². The third kappa shape index (κ3) is 5.42. The number of nitrogens with one attached hydrogen (secondary N) is 1. The summed E-state index contributed by atoms with van der Waals surface area (Å²) in [7, 11) is -1.85. The molecule has 0 unspecified atom stereocenters. The lowest BCUT2D eigenvalue weighted by atomic mass is 10.2. The summed E-state index contributed by atoms with van der Waals surface area (Å²) in [5, 5.41) is 4.53. The van der Waals surface area contributed by atoms with Crippen LogP contribution in [0.5, 0.6) is 5.88 Å². The van der Waals surface area contributed by atoms with Crippen LogP contribution in [-0.2, 0) is 23.0 Å². The summed E-state index contributed by atoms with van der Waals surface area (Å²) in [5.41, 5.74) is 2.06. The van der Waals surface area contributed by atoms with E-state index in [9.17, 15) is 13.2 Å². The number of sulfonamides is 1. The Morgan fingerprint density at radius 3 is 2.54 bits per heavy atom. The Balaban J connectivity index is 1.62. The molecule has 0 aliphatic carbocycles. The van der Waals surface area contributed by atoms with E-state index in [-0.39, 0.29) is 33.8 Å². The van der Waals surface area contributed by atoms with Gasteiger partial charge in [-0.3, -0.25) is 14.5 Å². The number of rotatable bonds is 8. The summed E-state index contributed by atoms with van der Waals surface area (Å²) in [4.78, 5) is 31.6. The van der Waals surface area contributed by atoms with Crippen molar-refractivity contribution in [1.82, 2.24) is 38.9 Å². The predicted octanol–water partition coefficient (Wildman–Crippen LogP) is 1.91. The number of aromatic amines is 1. The molecule has 4 aromatic heterocycles. The third-order valence-corrected chi connectivity index (χ3v) is 8.47. The van der Waals surface area contributed by atoms with Crippen molar-refractivity contribution in [3.05, 3.63) is 58.4 Å². The number of pyridine rings is 2. The summed E-state index contributed by atoms with van der Waals surface area (Å²) < 4.78 is 36.1. The van der Waals surface area contributed by atoms with Crippen LogP contribution in [-0.4, -0.2) is 86.7 Å². The van der Waals surface area contributed by atoms with Crippen LogP contribution in [0.2, 0.25) is 0 Å². The Kier molecular flexibility index (Phi) is 7.47. The van der Waals surface area contributed by atoms with Crippen LogP contribution in [0.4, 0.5) is 0 Å². The quantitative estimate of drug-likeness (QED) is 0.347. The molecule has 12 nitrogen and oxygen atoms in total. The van der Waals surface area contributed by atoms with Crippen LogP contribution in [0.1, 0.15) is 32.2 Å². The largest absolute Gasteiger partial charge is 0.474 e. The minimum atomic E-state index is -3.81. The van der Waals surface area contributed by atoms with Crippen molar-refractivity contribution in [2.45, 2.75) is 44.7 Å². The van der Waals surface area contributed by atoms with Gasteiger partial charge in [-0.05, 0) is 45.5 Å². The topological polar surface area (TPSA) is 139 Å².